The molecule has 3 aromatic carbocycles. The first-order valence-corrected chi connectivity index (χ1v) is 11.3. The Morgan fingerprint density at radius 1 is 1.06 bits per heavy atom. The van der Waals surface area contributed by atoms with Crippen LogP contribution in [-0.4, -0.2) is 28.9 Å². The van der Waals surface area contributed by atoms with Crippen molar-refractivity contribution >= 4 is 44.1 Å². The van der Waals surface area contributed by atoms with Crippen LogP contribution in [-0.2, 0) is 9.59 Å². The maximum Gasteiger partial charge on any atom is 0.301 e. The number of ketones is 1. The van der Waals surface area contributed by atoms with Gasteiger partial charge in [0.05, 0.1) is 28.9 Å². The summed E-state index contributed by atoms with van der Waals surface area (Å²) >= 11 is 1.30. The number of thiazole rings is 1. The summed E-state index contributed by atoms with van der Waals surface area (Å²) in [5.41, 5.74) is 2.50. The summed E-state index contributed by atoms with van der Waals surface area (Å²) in [5.74, 6) is -1.87. The number of aromatic nitrogens is 1. The van der Waals surface area contributed by atoms with Gasteiger partial charge in [0.2, 0.25) is 0 Å². The molecule has 1 aliphatic heterocycles. The Balaban J connectivity index is 1.72. The molecule has 1 atom stereocenters. The van der Waals surface area contributed by atoms with Gasteiger partial charge in [0.25, 0.3) is 5.78 Å². The van der Waals surface area contributed by atoms with E-state index in [9.17, 15) is 19.1 Å². The van der Waals surface area contributed by atoms with Crippen LogP contribution in [0.3, 0.4) is 0 Å². The van der Waals surface area contributed by atoms with E-state index in [1.807, 2.05) is 25.1 Å². The lowest BCUT2D eigenvalue weighted by atomic mass is 9.95. The van der Waals surface area contributed by atoms with Crippen LogP contribution < -0.4 is 9.64 Å². The molecule has 1 N–H and O–H groups in total. The molecule has 4 aromatic rings. The number of methoxy groups -OCH3 is 1. The molecule has 2 heterocycles. The van der Waals surface area contributed by atoms with Crippen molar-refractivity contribution in [1.82, 2.24) is 4.98 Å². The molecule has 1 saturated heterocycles. The van der Waals surface area contributed by atoms with Crippen LogP contribution in [0.2, 0.25) is 0 Å². The summed E-state index contributed by atoms with van der Waals surface area (Å²) in [6, 6.07) is 16.8. The number of hydrogen-bond acceptors (Lipinski definition) is 6. The molecule has 0 saturated carbocycles. The summed E-state index contributed by atoms with van der Waals surface area (Å²) in [6.45, 7) is 1.96. The van der Waals surface area contributed by atoms with Crippen molar-refractivity contribution < 1.29 is 23.8 Å². The van der Waals surface area contributed by atoms with Crippen molar-refractivity contribution in [2.75, 3.05) is 12.0 Å². The fourth-order valence-corrected chi connectivity index (χ4v) is 5.11. The molecule has 0 aliphatic carbocycles. The highest BCUT2D eigenvalue weighted by molar-refractivity contribution is 7.22. The van der Waals surface area contributed by atoms with Crippen LogP contribution in [0.25, 0.3) is 16.0 Å². The summed E-state index contributed by atoms with van der Waals surface area (Å²) in [7, 11) is 1.54. The molecule has 5 rings (SSSR count). The molecule has 0 radical (unpaired) electrons. The SMILES string of the molecule is COc1ccc([C@@H]2/C(=C(\O)c3ccc(F)cc3)C(=O)C(=O)N2c2nc3ccc(C)cc3s2)cc1. The highest BCUT2D eigenvalue weighted by Gasteiger charge is 2.48. The van der Waals surface area contributed by atoms with Gasteiger partial charge in [-0.2, -0.15) is 0 Å². The number of anilines is 1. The summed E-state index contributed by atoms with van der Waals surface area (Å²) in [5, 5.41) is 11.4. The fraction of sp³-hybridized carbons (Fsp3) is 0.115. The van der Waals surface area contributed by atoms with Crippen molar-refractivity contribution in [3.63, 3.8) is 0 Å². The monoisotopic (exact) mass is 474 g/mol. The zero-order valence-electron chi connectivity index (χ0n) is 18.3. The molecule has 34 heavy (non-hydrogen) atoms. The Kier molecular flexibility index (Phi) is 5.37. The van der Waals surface area contributed by atoms with Crippen molar-refractivity contribution in [1.29, 1.82) is 0 Å². The van der Waals surface area contributed by atoms with E-state index in [0.717, 1.165) is 10.3 Å². The number of nitrogens with zero attached hydrogens (tertiary/aromatic N) is 2. The number of aryl methyl sites for hydroxylation is 1. The second-order valence-corrected chi connectivity index (χ2v) is 8.93. The van der Waals surface area contributed by atoms with Crippen LogP contribution in [0.1, 0.15) is 22.7 Å². The maximum atomic E-state index is 13.4. The third-order valence-electron chi connectivity index (χ3n) is 5.73. The van der Waals surface area contributed by atoms with Gasteiger partial charge in [-0.1, -0.05) is 29.5 Å². The largest absolute Gasteiger partial charge is 0.507 e. The molecule has 1 amide bonds. The second-order valence-electron chi connectivity index (χ2n) is 7.92. The van der Waals surface area contributed by atoms with Gasteiger partial charge in [0.15, 0.2) is 5.13 Å². The van der Waals surface area contributed by atoms with E-state index < -0.39 is 23.5 Å². The minimum atomic E-state index is -0.919. The molecular weight excluding hydrogens is 455 g/mol. The van der Waals surface area contributed by atoms with Gasteiger partial charge in [-0.3, -0.25) is 14.5 Å². The zero-order chi connectivity index (χ0) is 24.0. The van der Waals surface area contributed by atoms with E-state index in [4.69, 9.17) is 4.74 Å². The molecular formula is C26H19FN2O4S. The number of aliphatic hydroxyl groups excluding tert-OH is 1. The number of carbonyl (C=O) groups excluding carboxylic acids is 2. The minimum Gasteiger partial charge on any atom is -0.507 e. The molecule has 1 aliphatic rings. The van der Waals surface area contributed by atoms with Gasteiger partial charge in [0.1, 0.15) is 17.3 Å². The number of carbonyl (C=O) groups is 2. The molecule has 0 unspecified atom stereocenters. The van der Waals surface area contributed by atoms with Gasteiger partial charge in [-0.05, 0) is 66.6 Å². The van der Waals surface area contributed by atoms with Crippen LogP contribution in [0.4, 0.5) is 9.52 Å². The number of rotatable bonds is 4. The number of amides is 1. The normalized spacial score (nSPS) is 17.5. The Morgan fingerprint density at radius 2 is 1.76 bits per heavy atom. The van der Waals surface area contributed by atoms with Gasteiger partial charge in [0, 0.05) is 5.56 Å². The lowest BCUT2D eigenvalue weighted by Crippen LogP contribution is -2.29. The highest BCUT2D eigenvalue weighted by atomic mass is 32.1. The summed E-state index contributed by atoms with van der Waals surface area (Å²) in [4.78, 5) is 32.4. The quantitative estimate of drug-likeness (QED) is 0.244. The zero-order valence-corrected chi connectivity index (χ0v) is 19.1. The predicted molar refractivity (Wildman–Crippen MR) is 129 cm³/mol. The number of Topliss-reactive ketones (excluding diaryl/α,β-unsaturated/α-hetero) is 1. The third-order valence-corrected chi connectivity index (χ3v) is 6.75. The Morgan fingerprint density at radius 3 is 2.44 bits per heavy atom. The van der Waals surface area contributed by atoms with E-state index in [1.165, 1.54) is 40.5 Å². The lowest BCUT2D eigenvalue weighted by Gasteiger charge is -2.23. The molecule has 0 spiro atoms. The summed E-state index contributed by atoms with van der Waals surface area (Å²) < 4.78 is 19.6. The molecule has 8 heteroatoms. The number of aliphatic hydroxyl groups is 1. The first-order valence-electron chi connectivity index (χ1n) is 10.5. The number of benzene rings is 3. The lowest BCUT2D eigenvalue weighted by molar-refractivity contribution is -0.132. The standard InChI is InChI=1S/C26H19FN2O4S/c1-14-3-12-19-20(13-14)34-26(28-19)29-22(15-6-10-18(33-2)11-7-15)21(24(31)25(29)32)23(30)16-4-8-17(27)9-5-16/h3-13,22,30H,1-2H3/b23-21+/t22-/m1/s1. The van der Waals surface area contributed by atoms with E-state index in [2.05, 4.69) is 4.98 Å². The van der Waals surface area contributed by atoms with E-state index in [0.29, 0.717) is 22.0 Å². The van der Waals surface area contributed by atoms with E-state index in [1.54, 1.807) is 31.4 Å². The number of hydrogen-bond donors (Lipinski definition) is 1. The minimum absolute atomic E-state index is 0.0859. The third kappa shape index (κ3) is 3.62. The van der Waals surface area contributed by atoms with Gasteiger partial charge < -0.3 is 9.84 Å². The van der Waals surface area contributed by atoms with Crippen LogP contribution in [0.15, 0.2) is 72.3 Å². The average molecular weight is 475 g/mol. The number of fused-ring (bicyclic) bond motifs is 1. The molecule has 1 aromatic heterocycles. The maximum absolute atomic E-state index is 13.4. The van der Waals surface area contributed by atoms with Crippen LogP contribution >= 0.6 is 11.3 Å². The Bertz CT molecular complexity index is 1460. The Hall–Kier alpha value is -4.04. The number of halogens is 1. The van der Waals surface area contributed by atoms with Crippen LogP contribution in [0, 0.1) is 12.7 Å². The average Bonchev–Trinajstić information content (AvgIpc) is 3.37. The van der Waals surface area contributed by atoms with Crippen molar-refractivity contribution in [2.24, 2.45) is 0 Å². The van der Waals surface area contributed by atoms with E-state index >= 15 is 0 Å². The second kappa shape index (κ2) is 8.39. The van der Waals surface area contributed by atoms with Gasteiger partial charge >= 0.3 is 5.91 Å². The molecule has 6 nitrogen and oxygen atoms in total. The van der Waals surface area contributed by atoms with Gasteiger partial charge in [-0.15, -0.1) is 0 Å². The predicted octanol–water partition coefficient (Wildman–Crippen LogP) is 5.38. The van der Waals surface area contributed by atoms with Crippen molar-refractivity contribution in [2.45, 2.75) is 13.0 Å². The molecule has 170 valence electrons. The molecule has 1 fully saturated rings. The smallest absolute Gasteiger partial charge is 0.301 e. The van der Waals surface area contributed by atoms with Gasteiger partial charge in [-0.25, -0.2) is 9.37 Å². The highest BCUT2D eigenvalue weighted by Crippen LogP contribution is 2.44. The van der Waals surface area contributed by atoms with Crippen molar-refractivity contribution in [3.8, 4) is 5.75 Å². The van der Waals surface area contributed by atoms with Crippen molar-refractivity contribution in [3.05, 3.63) is 94.8 Å². The fourth-order valence-electron chi connectivity index (χ4n) is 4.02. The number of ether oxygens (including phenoxy) is 1. The first kappa shape index (κ1) is 21.8. The van der Waals surface area contributed by atoms with E-state index in [-0.39, 0.29) is 16.9 Å². The van der Waals surface area contributed by atoms with Crippen LogP contribution in [0.5, 0.6) is 5.75 Å². The molecule has 0 bridgehead atoms. The first-order chi connectivity index (χ1) is 16.4. The Labute approximate surface area is 198 Å². The summed E-state index contributed by atoms with van der Waals surface area (Å²) in [6.07, 6.45) is 0. The topological polar surface area (TPSA) is 79.7 Å².